The summed E-state index contributed by atoms with van der Waals surface area (Å²) in [7, 11) is 0. The van der Waals surface area contributed by atoms with Crippen LogP contribution in [0.25, 0.3) is 0 Å². The number of thiophene rings is 1. The summed E-state index contributed by atoms with van der Waals surface area (Å²) in [6, 6.07) is 9.62. The van der Waals surface area contributed by atoms with Crippen LogP contribution in [0.15, 0.2) is 30.3 Å². The van der Waals surface area contributed by atoms with E-state index < -0.39 is 12.1 Å². The summed E-state index contributed by atoms with van der Waals surface area (Å²) >= 11 is 1.50. The maximum atomic E-state index is 12.4. The lowest BCUT2D eigenvalue weighted by molar-refractivity contribution is -0.123. The van der Waals surface area contributed by atoms with Crippen LogP contribution in [0.3, 0.4) is 0 Å². The molecule has 0 spiro atoms. The van der Waals surface area contributed by atoms with Crippen LogP contribution in [0.1, 0.15) is 39.9 Å². The molecule has 0 bridgehead atoms. The quantitative estimate of drug-likeness (QED) is 0.757. The lowest BCUT2D eigenvalue weighted by atomic mass is 9.99. The van der Waals surface area contributed by atoms with Gasteiger partial charge in [0.15, 0.2) is 6.10 Å². The molecule has 1 aliphatic carbocycles. The number of esters is 1. The summed E-state index contributed by atoms with van der Waals surface area (Å²) in [4.78, 5) is 29.0. The largest absolute Gasteiger partial charge is 0.448 e. The first-order chi connectivity index (χ1) is 14.1. The van der Waals surface area contributed by atoms with Crippen molar-refractivity contribution in [1.82, 2.24) is 0 Å². The Morgan fingerprint density at radius 1 is 1.14 bits per heavy atom. The van der Waals surface area contributed by atoms with Crippen LogP contribution < -0.4 is 10.2 Å². The van der Waals surface area contributed by atoms with E-state index in [1.165, 1.54) is 34.6 Å². The molecule has 2 aliphatic rings. The second-order valence-corrected chi connectivity index (χ2v) is 8.59. The summed E-state index contributed by atoms with van der Waals surface area (Å²) in [6.07, 6.45) is 3.53. The monoisotopic (exact) mass is 414 g/mol. The molecule has 154 valence electrons. The van der Waals surface area contributed by atoms with E-state index in [1.54, 1.807) is 6.92 Å². The first kappa shape index (κ1) is 19.9. The predicted molar refractivity (Wildman–Crippen MR) is 114 cm³/mol. The van der Waals surface area contributed by atoms with Crippen molar-refractivity contribution < 1.29 is 19.1 Å². The molecule has 1 N–H and O–H groups in total. The lowest BCUT2D eigenvalue weighted by Gasteiger charge is -2.28. The van der Waals surface area contributed by atoms with E-state index in [1.807, 2.05) is 30.3 Å². The molecule has 1 saturated heterocycles. The number of benzene rings is 1. The maximum absolute atomic E-state index is 12.4. The van der Waals surface area contributed by atoms with Crippen LogP contribution in [0.4, 0.5) is 11.4 Å². The van der Waals surface area contributed by atoms with Crippen molar-refractivity contribution in [3.63, 3.8) is 0 Å². The van der Waals surface area contributed by atoms with Gasteiger partial charge in [0.1, 0.15) is 4.88 Å². The summed E-state index contributed by atoms with van der Waals surface area (Å²) in [5.41, 5.74) is 3.04. The van der Waals surface area contributed by atoms with Crippen LogP contribution in [-0.4, -0.2) is 44.3 Å². The average Bonchev–Trinajstić information content (AvgIpc) is 3.19. The van der Waals surface area contributed by atoms with E-state index >= 15 is 0 Å². The van der Waals surface area contributed by atoms with Gasteiger partial charge in [-0.25, -0.2) is 4.79 Å². The number of fused-ring (bicyclic) bond motifs is 1. The number of ether oxygens (including phenoxy) is 2. The molecule has 1 fully saturated rings. The molecular formula is C22H26N2O4S. The Morgan fingerprint density at radius 2 is 1.86 bits per heavy atom. The molecule has 0 radical (unpaired) electrons. The minimum atomic E-state index is -0.861. The van der Waals surface area contributed by atoms with Gasteiger partial charge in [-0.05, 0) is 68.5 Å². The Bertz CT molecular complexity index is 848. The average molecular weight is 415 g/mol. The lowest BCUT2D eigenvalue weighted by Crippen LogP contribution is -2.36. The Labute approximate surface area is 174 Å². The fraction of sp³-hybridized carbons (Fsp3) is 0.455. The zero-order valence-corrected chi connectivity index (χ0v) is 17.4. The van der Waals surface area contributed by atoms with Gasteiger partial charge in [0.25, 0.3) is 5.91 Å². The van der Waals surface area contributed by atoms with Gasteiger partial charge in [-0.3, -0.25) is 4.79 Å². The number of hydrogen-bond donors (Lipinski definition) is 1. The van der Waals surface area contributed by atoms with Gasteiger partial charge in [-0.1, -0.05) is 0 Å². The number of aryl methyl sites for hydroxylation is 2. The summed E-state index contributed by atoms with van der Waals surface area (Å²) < 4.78 is 10.8. The molecule has 2 heterocycles. The molecule has 2 aromatic rings. The van der Waals surface area contributed by atoms with Gasteiger partial charge in [0, 0.05) is 29.3 Å². The van der Waals surface area contributed by atoms with Crippen LogP contribution in [0.5, 0.6) is 0 Å². The van der Waals surface area contributed by atoms with Gasteiger partial charge in [0.05, 0.1) is 13.2 Å². The molecule has 1 aromatic carbocycles. The third-order valence-electron chi connectivity index (χ3n) is 5.36. The van der Waals surface area contributed by atoms with Crippen LogP contribution in [0, 0.1) is 0 Å². The Kier molecular flexibility index (Phi) is 6.16. The van der Waals surface area contributed by atoms with Crippen molar-refractivity contribution >= 4 is 34.6 Å². The second kappa shape index (κ2) is 8.97. The highest BCUT2D eigenvalue weighted by atomic mass is 32.1. The molecule has 29 heavy (non-hydrogen) atoms. The summed E-state index contributed by atoms with van der Waals surface area (Å²) in [5, 5.41) is 2.82. The van der Waals surface area contributed by atoms with E-state index in [0.29, 0.717) is 10.6 Å². The van der Waals surface area contributed by atoms with Gasteiger partial charge < -0.3 is 19.7 Å². The van der Waals surface area contributed by atoms with Crippen LogP contribution in [0.2, 0.25) is 0 Å². The highest BCUT2D eigenvalue weighted by Crippen LogP contribution is 2.30. The van der Waals surface area contributed by atoms with E-state index in [4.69, 9.17) is 9.47 Å². The number of morpholine rings is 1. The van der Waals surface area contributed by atoms with Crippen molar-refractivity contribution in [3.8, 4) is 0 Å². The molecule has 0 unspecified atom stereocenters. The number of carbonyl (C=O) groups excluding carboxylic acids is 2. The molecule has 6 nitrogen and oxygen atoms in total. The van der Waals surface area contributed by atoms with Gasteiger partial charge in [-0.2, -0.15) is 0 Å². The normalized spacial score (nSPS) is 17.3. The number of hydrogen-bond acceptors (Lipinski definition) is 6. The number of amides is 1. The molecule has 1 amide bonds. The molecule has 0 saturated carbocycles. The molecule has 4 rings (SSSR count). The number of anilines is 2. The third-order valence-corrected chi connectivity index (χ3v) is 6.58. The van der Waals surface area contributed by atoms with Gasteiger partial charge >= 0.3 is 5.97 Å². The minimum Gasteiger partial charge on any atom is -0.448 e. The molecular weight excluding hydrogens is 388 g/mol. The fourth-order valence-corrected chi connectivity index (χ4v) is 4.82. The SMILES string of the molecule is C[C@H](OC(=O)c1cc2c(s1)CCCC2)C(=O)Nc1ccc(N2CCOCC2)cc1. The van der Waals surface area contributed by atoms with Crippen LogP contribution >= 0.6 is 11.3 Å². The minimum absolute atomic E-state index is 0.334. The van der Waals surface area contributed by atoms with Crippen molar-refractivity contribution in [2.75, 3.05) is 36.5 Å². The first-order valence-electron chi connectivity index (χ1n) is 10.2. The van der Waals surface area contributed by atoms with E-state index in [-0.39, 0.29) is 5.91 Å². The summed E-state index contributed by atoms with van der Waals surface area (Å²) in [5.74, 6) is -0.756. The van der Waals surface area contributed by atoms with Crippen LogP contribution in [-0.2, 0) is 27.1 Å². The Balaban J connectivity index is 1.32. The van der Waals surface area contributed by atoms with Gasteiger partial charge in [0.2, 0.25) is 0 Å². The second-order valence-electron chi connectivity index (χ2n) is 7.45. The zero-order valence-electron chi connectivity index (χ0n) is 16.6. The molecule has 1 aliphatic heterocycles. The standard InChI is InChI=1S/C22H26N2O4S/c1-15(28-22(26)20-14-16-4-2-3-5-19(16)29-20)21(25)23-17-6-8-18(9-7-17)24-10-12-27-13-11-24/h6-9,14-15H,2-5,10-13H2,1H3,(H,23,25)/t15-/m0/s1. The molecule has 7 heteroatoms. The smallest absolute Gasteiger partial charge is 0.349 e. The highest BCUT2D eigenvalue weighted by molar-refractivity contribution is 7.14. The Hall–Kier alpha value is -2.38. The van der Waals surface area contributed by atoms with E-state index in [2.05, 4.69) is 10.2 Å². The van der Waals surface area contributed by atoms with E-state index in [9.17, 15) is 9.59 Å². The van der Waals surface area contributed by atoms with Gasteiger partial charge in [-0.15, -0.1) is 11.3 Å². The number of nitrogens with one attached hydrogen (secondary N) is 1. The number of rotatable bonds is 5. The highest BCUT2D eigenvalue weighted by Gasteiger charge is 2.23. The van der Waals surface area contributed by atoms with Crippen molar-refractivity contribution in [2.45, 2.75) is 38.7 Å². The summed E-state index contributed by atoms with van der Waals surface area (Å²) in [6.45, 7) is 4.79. The zero-order chi connectivity index (χ0) is 20.2. The third kappa shape index (κ3) is 4.79. The maximum Gasteiger partial charge on any atom is 0.349 e. The molecule has 1 atom stereocenters. The molecule has 1 aromatic heterocycles. The topological polar surface area (TPSA) is 67.9 Å². The van der Waals surface area contributed by atoms with Crippen molar-refractivity contribution in [2.24, 2.45) is 0 Å². The fourth-order valence-electron chi connectivity index (χ4n) is 3.68. The number of nitrogens with zero attached hydrogens (tertiary/aromatic N) is 1. The predicted octanol–water partition coefficient (Wildman–Crippen LogP) is 3.65. The van der Waals surface area contributed by atoms with E-state index in [0.717, 1.165) is 44.8 Å². The number of carbonyl (C=O) groups is 2. The first-order valence-corrected chi connectivity index (χ1v) is 11.0. The Morgan fingerprint density at radius 3 is 2.59 bits per heavy atom. The van der Waals surface area contributed by atoms with Crippen molar-refractivity contribution in [3.05, 3.63) is 45.6 Å². The van der Waals surface area contributed by atoms with Crippen molar-refractivity contribution in [1.29, 1.82) is 0 Å².